The highest BCUT2D eigenvalue weighted by molar-refractivity contribution is 5.96. The Morgan fingerprint density at radius 3 is 2.47 bits per heavy atom. The Morgan fingerprint density at radius 2 is 1.94 bits per heavy atom. The molecule has 0 aliphatic carbocycles. The van der Waals surface area contributed by atoms with E-state index in [1.807, 2.05) is 24.3 Å². The lowest BCUT2D eigenvalue weighted by atomic mass is 9.97. The van der Waals surface area contributed by atoms with Gasteiger partial charge in [-0.05, 0) is 49.6 Å². The fourth-order valence-corrected chi connectivity index (χ4v) is 1.73. The zero-order valence-electron chi connectivity index (χ0n) is 10.6. The van der Waals surface area contributed by atoms with E-state index in [0.29, 0.717) is 18.9 Å². The summed E-state index contributed by atoms with van der Waals surface area (Å²) in [5, 5.41) is 0. The van der Waals surface area contributed by atoms with E-state index in [9.17, 15) is 4.79 Å². The molecule has 94 valence electrons. The van der Waals surface area contributed by atoms with Crippen LogP contribution in [0.1, 0.15) is 36.5 Å². The van der Waals surface area contributed by atoms with Gasteiger partial charge in [-0.2, -0.15) is 0 Å². The van der Waals surface area contributed by atoms with Crippen LogP contribution in [0, 0.1) is 5.92 Å². The second kappa shape index (κ2) is 7.07. The van der Waals surface area contributed by atoms with Gasteiger partial charge in [0.1, 0.15) is 5.75 Å². The molecule has 1 atom stereocenters. The molecule has 0 fully saturated rings. The number of hydrogen-bond donors (Lipinski definition) is 1. The first-order chi connectivity index (χ1) is 8.17. The molecule has 1 unspecified atom stereocenters. The third kappa shape index (κ3) is 4.57. The van der Waals surface area contributed by atoms with Crippen LogP contribution in [0.3, 0.4) is 0 Å². The average Bonchev–Trinajstić information content (AvgIpc) is 2.36. The third-order valence-corrected chi connectivity index (χ3v) is 2.94. The molecule has 0 spiro atoms. The quantitative estimate of drug-likeness (QED) is 0.739. The van der Waals surface area contributed by atoms with Crippen LogP contribution < -0.4 is 10.5 Å². The van der Waals surface area contributed by atoms with E-state index in [0.717, 1.165) is 24.2 Å². The minimum atomic E-state index is 0.191. The molecular formula is C14H21NO2. The molecule has 0 aromatic heterocycles. The fourth-order valence-electron chi connectivity index (χ4n) is 1.73. The Bertz CT molecular complexity index is 346. The first-order valence-corrected chi connectivity index (χ1v) is 6.04. The Kier molecular flexibility index (Phi) is 5.70. The van der Waals surface area contributed by atoms with E-state index in [1.165, 1.54) is 0 Å². The van der Waals surface area contributed by atoms with Crippen molar-refractivity contribution in [1.29, 1.82) is 0 Å². The molecule has 3 heteroatoms. The molecular weight excluding hydrogens is 214 g/mol. The molecule has 0 aliphatic rings. The maximum Gasteiger partial charge on any atom is 0.162 e. The number of benzene rings is 1. The minimum Gasteiger partial charge on any atom is -0.497 e. The lowest BCUT2D eigenvalue weighted by Gasteiger charge is -2.09. The van der Waals surface area contributed by atoms with Gasteiger partial charge < -0.3 is 10.5 Å². The molecule has 1 rings (SSSR count). The van der Waals surface area contributed by atoms with Crippen LogP contribution in [-0.2, 0) is 0 Å². The zero-order valence-corrected chi connectivity index (χ0v) is 10.6. The largest absolute Gasteiger partial charge is 0.497 e. The topological polar surface area (TPSA) is 52.3 Å². The Morgan fingerprint density at radius 1 is 1.29 bits per heavy atom. The number of rotatable bonds is 7. The summed E-state index contributed by atoms with van der Waals surface area (Å²) in [7, 11) is 1.62. The number of carbonyl (C=O) groups excluding carboxylic acids is 1. The van der Waals surface area contributed by atoms with Gasteiger partial charge in [0.15, 0.2) is 5.78 Å². The lowest BCUT2D eigenvalue weighted by molar-refractivity contribution is 0.0974. The summed E-state index contributed by atoms with van der Waals surface area (Å²) in [6.45, 7) is 2.83. The normalized spacial score (nSPS) is 12.2. The highest BCUT2D eigenvalue weighted by Gasteiger charge is 2.08. The number of Topliss-reactive ketones (excluding diaryl/α,β-unsaturated/α-hetero) is 1. The van der Waals surface area contributed by atoms with Crippen molar-refractivity contribution in [1.82, 2.24) is 0 Å². The standard InChI is InChI=1S/C14H21NO2/c1-11(9-10-15)3-8-14(16)12-4-6-13(17-2)7-5-12/h4-7,11H,3,8-10,15H2,1-2H3. The fraction of sp³-hybridized carbons (Fsp3) is 0.500. The van der Waals surface area contributed by atoms with Crippen molar-refractivity contribution >= 4 is 5.78 Å². The second-order valence-electron chi connectivity index (χ2n) is 4.37. The molecule has 0 saturated carbocycles. The SMILES string of the molecule is COc1ccc(C(=O)CCC(C)CCN)cc1. The van der Waals surface area contributed by atoms with Crippen LogP contribution in [0.25, 0.3) is 0 Å². The molecule has 2 N–H and O–H groups in total. The van der Waals surface area contributed by atoms with Gasteiger partial charge in [-0.15, -0.1) is 0 Å². The second-order valence-corrected chi connectivity index (χ2v) is 4.37. The number of hydrogen-bond acceptors (Lipinski definition) is 3. The van der Waals surface area contributed by atoms with Crippen LogP contribution >= 0.6 is 0 Å². The number of carbonyl (C=O) groups is 1. The van der Waals surface area contributed by atoms with E-state index < -0.39 is 0 Å². The van der Waals surface area contributed by atoms with Gasteiger partial charge in [0.25, 0.3) is 0 Å². The maximum absolute atomic E-state index is 11.9. The first kappa shape index (κ1) is 13.7. The molecule has 17 heavy (non-hydrogen) atoms. The van der Waals surface area contributed by atoms with Gasteiger partial charge in [0, 0.05) is 12.0 Å². The van der Waals surface area contributed by atoms with Crippen molar-refractivity contribution in [3.63, 3.8) is 0 Å². The summed E-state index contributed by atoms with van der Waals surface area (Å²) in [5.74, 6) is 1.48. The van der Waals surface area contributed by atoms with Gasteiger partial charge in [-0.25, -0.2) is 0 Å². The van der Waals surface area contributed by atoms with Crippen molar-refractivity contribution in [2.75, 3.05) is 13.7 Å². The molecule has 1 aromatic carbocycles. The molecule has 0 bridgehead atoms. The smallest absolute Gasteiger partial charge is 0.162 e. The predicted octanol–water partition coefficient (Wildman–Crippen LogP) is 2.64. The molecule has 3 nitrogen and oxygen atoms in total. The molecule has 1 aromatic rings. The molecule has 0 saturated heterocycles. The van der Waals surface area contributed by atoms with E-state index in [2.05, 4.69) is 6.92 Å². The monoisotopic (exact) mass is 235 g/mol. The maximum atomic E-state index is 11.9. The van der Waals surface area contributed by atoms with Crippen molar-refractivity contribution < 1.29 is 9.53 Å². The van der Waals surface area contributed by atoms with E-state index in [-0.39, 0.29) is 5.78 Å². The minimum absolute atomic E-state index is 0.191. The Labute approximate surface area is 103 Å². The van der Waals surface area contributed by atoms with Crippen molar-refractivity contribution in [3.8, 4) is 5.75 Å². The predicted molar refractivity (Wildman–Crippen MR) is 69.4 cm³/mol. The highest BCUT2D eigenvalue weighted by Crippen LogP contribution is 2.16. The third-order valence-electron chi connectivity index (χ3n) is 2.94. The summed E-state index contributed by atoms with van der Waals surface area (Å²) >= 11 is 0. The zero-order chi connectivity index (χ0) is 12.7. The number of ether oxygens (including phenoxy) is 1. The summed E-state index contributed by atoms with van der Waals surface area (Å²) in [6, 6.07) is 7.26. The van der Waals surface area contributed by atoms with Gasteiger partial charge in [0.2, 0.25) is 0 Å². The van der Waals surface area contributed by atoms with Gasteiger partial charge in [-0.3, -0.25) is 4.79 Å². The van der Waals surface area contributed by atoms with E-state index in [4.69, 9.17) is 10.5 Å². The molecule has 0 aliphatic heterocycles. The Hall–Kier alpha value is -1.35. The van der Waals surface area contributed by atoms with Crippen LogP contribution in [0.15, 0.2) is 24.3 Å². The van der Waals surface area contributed by atoms with Crippen LogP contribution in [0.4, 0.5) is 0 Å². The average molecular weight is 235 g/mol. The van der Waals surface area contributed by atoms with Crippen LogP contribution in [-0.4, -0.2) is 19.4 Å². The van der Waals surface area contributed by atoms with Crippen LogP contribution in [0.5, 0.6) is 5.75 Å². The molecule has 0 heterocycles. The van der Waals surface area contributed by atoms with Crippen LogP contribution in [0.2, 0.25) is 0 Å². The number of methoxy groups -OCH3 is 1. The lowest BCUT2D eigenvalue weighted by Crippen LogP contribution is -2.08. The van der Waals surface area contributed by atoms with Crippen molar-refractivity contribution in [3.05, 3.63) is 29.8 Å². The highest BCUT2D eigenvalue weighted by atomic mass is 16.5. The van der Waals surface area contributed by atoms with Gasteiger partial charge in [-0.1, -0.05) is 6.92 Å². The Balaban J connectivity index is 2.46. The summed E-state index contributed by atoms with van der Waals surface area (Å²) in [6.07, 6.45) is 2.48. The summed E-state index contributed by atoms with van der Waals surface area (Å²) in [4.78, 5) is 11.9. The van der Waals surface area contributed by atoms with Gasteiger partial charge >= 0.3 is 0 Å². The summed E-state index contributed by atoms with van der Waals surface area (Å²) in [5.41, 5.74) is 6.24. The van der Waals surface area contributed by atoms with Gasteiger partial charge in [0.05, 0.1) is 7.11 Å². The first-order valence-electron chi connectivity index (χ1n) is 6.04. The van der Waals surface area contributed by atoms with Crippen molar-refractivity contribution in [2.24, 2.45) is 11.7 Å². The van der Waals surface area contributed by atoms with E-state index >= 15 is 0 Å². The van der Waals surface area contributed by atoms with Crippen molar-refractivity contribution in [2.45, 2.75) is 26.2 Å². The summed E-state index contributed by atoms with van der Waals surface area (Å²) < 4.78 is 5.05. The molecule has 0 amide bonds. The molecule has 0 radical (unpaired) electrons. The number of ketones is 1. The van der Waals surface area contributed by atoms with E-state index in [1.54, 1.807) is 7.11 Å². The number of nitrogens with two attached hydrogens (primary N) is 1.